The second kappa shape index (κ2) is 5.46. The van der Waals surface area contributed by atoms with Gasteiger partial charge in [-0.25, -0.2) is 4.98 Å². The zero-order chi connectivity index (χ0) is 11.1. The molecule has 1 heterocycles. The highest BCUT2D eigenvalue weighted by atomic mass is 19.1. The predicted octanol–water partition coefficient (Wildman–Crippen LogP) is 0.640. The van der Waals surface area contributed by atoms with Gasteiger partial charge in [0, 0.05) is 0 Å². The van der Waals surface area contributed by atoms with Gasteiger partial charge in [0.25, 0.3) is 5.88 Å². The Morgan fingerprint density at radius 1 is 1.27 bits per heavy atom. The Kier molecular flexibility index (Phi) is 3.93. The number of halogens is 1. The molecule has 5 heteroatoms. The van der Waals surface area contributed by atoms with E-state index < -0.39 is 5.82 Å². The average molecular weight is 206 g/mol. The van der Waals surface area contributed by atoms with E-state index in [4.69, 9.17) is 22.3 Å². The lowest BCUT2D eigenvalue weighted by Crippen LogP contribution is -2.04. The van der Waals surface area contributed by atoms with Crippen molar-refractivity contribution in [1.82, 2.24) is 9.97 Å². The number of hydrogen-bond acceptors (Lipinski definition) is 4. The summed E-state index contributed by atoms with van der Waals surface area (Å²) in [5, 5.41) is 0. The highest BCUT2D eigenvalue weighted by Crippen LogP contribution is 2.15. The third-order valence-corrected chi connectivity index (χ3v) is 1.27. The molecular weight excluding hydrogens is 199 g/mol. The highest BCUT2D eigenvalue weighted by molar-refractivity contribution is 5.15. The Balaban J connectivity index is 2.77. The fraction of sp³-hybridized carbons (Fsp3) is 0.200. The third kappa shape index (κ3) is 3.17. The van der Waals surface area contributed by atoms with Crippen LogP contribution in [0.1, 0.15) is 0 Å². The highest BCUT2D eigenvalue weighted by Gasteiger charge is 2.08. The first-order valence-electron chi connectivity index (χ1n) is 3.93. The van der Waals surface area contributed by atoms with Gasteiger partial charge in [0.15, 0.2) is 13.2 Å². The van der Waals surface area contributed by atoms with Crippen LogP contribution in [0.2, 0.25) is 0 Å². The molecule has 0 aliphatic carbocycles. The Hall–Kier alpha value is -2.27. The van der Waals surface area contributed by atoms with E-state index in [1.165, 1.54) is 0 Å². The standard InChI is InChI=1S/C10H7FN2O2/c1-3-5-14-9-8(11)7-12-10(13-9)15-6-4-2/h1-2,7H,5-6H2. The molecule has 0 aromatic carbocycles. The van der Waals surface area contributed by atoms with Crippen LogP contribution in [0.5, 0.6) is 11.9 Å². The number of hydrogen-bond donors (Lipinski definition) is 0. The van der Waals surface area contributed by atoms with Crippen LogP contribution in [-0.4, -0.2) is 23.2 Å². The van der Waals surface area contributed by atoms with Crippen molar-refractivity contribution in [2.24, 2.45) is 0 Å². The van der Waals surface area contributed by atoms with Crippen molar-refractivity contribution in [3.8, 4) is 36.6 Å². The van der Waals surface area contributed by atoms with E-state index in [1.54, 1.807) is 0 Å². The molecule has 0 fully saturated rings. The van der Waals surface area contributed by atoms with Gasteiger partial charge >= 0.3 is 6.01 Å². The van der Waals surface area contributed by atoms with Gasteiger partial charge in [0.1, 0.15) is 0 Å². The number of terminal acetylenes is 2. The monoisotopic (exact) mass is 206 g/mol. The maximum Gasteiger partial charge on any atom is 0.320 e. The molecule has 0 atom stereocenters. The third-order valence-electron chi connectivity index (χ3n) is 1.27. The Morgan fingerprint density at radius 3 is 2.60 bits per heavy atom. The van der Waals surface area contributed by atoms with Gasteiger partial charge in [-0.05, 0) is 0 Å². The van der Waals surface area contributed by atoms with E-state index in [-0.39, 0.29) is 25.1 Å². The zero-order valence-electron chi connectivity index (χ0n) is 7.74. The first kappa shape index (κ1) is 10.8. The van der Waals surface area contributed by atoms with Crippen molar-refractivity contribution in [1.29, 1.82) is 0 Å². The first-order chi connectivity index (χ1) is 7.27. The predicted molar refractivity (Wildman–Crippen MR) is 50.6 cm³/mol. The van der Waals surface area contributed by atoms with Gasteiger partial charge in [0.05, 0.1) is 6.20 Å². The van der Waals surface area contributed by atoms with Crippen LogP contribution in [0.3, 0.4) is 0 Å². The lowest BCUT2D eigenvalue weighted by Gasteiger charge is -2.04. The molecule has 1 aromatic heterocycles. The number of nitrogens with zero attached hydrogens (tertiary/aromatic N) is 2. The largest absolute Gasteiger partial charge is 0.462 e. The molecular formula is C10H7FN2O2. The van der Waals surface area contributed by atoms with E-state index in [9.17, 15) is 4.39 Å². The Morgan fingerprint density at radius 2 is 1.93 bits per heavy atom. The van der Waals surface area contributed by atoms with Crippen LogP contribution in [-0.2, 0) is 0 Å². The average Bonchev–Trinajstić information content (AvgIpc) is 2.26. The van der Waals surface area contributed by atoms with E-state index in [2.05, 4.69) is 21.8 Å². The lowest BCUT2D eigenvalue weighted by atomic mass is 10.6. The maximum absolute atomic E-state index is 13.0. The minimum Gasteiger partial charge on any atom is -0.462 e. The van der Waals surface area contributed by atoms with Gasteiger partial charge in [-0.3, -0.25) is 0 Å². The van der Waals surface area contributed by atoms with E-state index in [0.29, 0.717) is 0 Å². The summed E-state index contributed by atoms with van der Waals surface area (Å²) in [5.74, 6) is 3.44. The summed E-state index contributed by atoms with van der Waals surface area (Å²) in [6, 6.07) is -0.0543. The van der Waals surface area contributed by atoms with Crippen LogP contribution in [0.4, 0.5) is 4.39 Å². The fourth-order valence-electron chi connectivity index (χ4n) is 0.723. The summed E-state index contributed by atoms with van der Waals surface area (Å²) in [6.07, 6.45) is 10.8. The molecule has 0 amide bonds. The fourth-order valence-corrected chi connectivity index (χ4v) is 0.723. The molecule has 0 saturated carbocycles. The molecule has 0 aliphatic heterocycles. The molecule has 4 nitrogen and oxygen atoms in total. The van der Waals surface area contributed by atoms with Gasteiger partial charge in [-0.15, -0.1) is 12.8 Å². The van der Waals surface area contributed by atoms with Crippen molar-refractivity contribution in [3.05, 3.63) is 12.0 Å². The van der Waals surface area contributed by atoms with Crippen molar-refractivity contribution in [2.45, 2.75) is 0 Å². The molecule has 0 unspecified atom stereocenters. The Bertz CT molecular complexity index is 420. The van der Waals surface area contributed by atoms with Gasteiger partial charge < -0.3 is 9.47 Å². The molecule has 0 bridgehead atoms. The SMILES string of the molecule is C#CCOc1ncc(F)c(OCC#C)n1. The number of rotatable bonds is 4. The molecule has 0 radical (unpaired) electrons. The summed E-state index contributed by atoms with van der Waals surface area (Å²) in [5.41, 5.74) is 0. The zero-order valence-corrected chi connectivity index (χ0v) is 7.74. The van der Waals surface area contributed by atoms with Crippen molar-refractivity contribution < 1.29 is 13.9 Å². The van der Waals surface area contributed by atoms with Crippen LogP contribution in [0.15, 0.2) is 6.20 Å². The summed E-state index contributed by atoms with van der Waals surface area (Å²) in [7, 11) is 0. The lowest BCUT2D eigenvalue weighted by molar-refractivity contribution is 0.299. The van der Waals surface area contributed by atoms with Gasteiger partial charge in [0.2, 0.25) is 5.82 Å². The molecule has 76 valence electrons. The second-order valence-corrected chi connectivity index (χ2v) is 2.29. The van der Waals surface area contributed by atoms with E-state index in [1.807, 2.05) is 0 Å². The minimum absolute atomic E-state index is 0.000210. The first-order valence-corrected chi connectivity index (χ1v) is 3.93. The van der Waals surface area contributed by atoms with Crippen molar-refractivity contribution in [3.63, 3.8) is 0 Å². The van der Waals surface area contributed by atoms with E-state index in [0.717, 1.165) is 6.20 Å². The summed E-state index contributed by atoms with van der Waals surface area (Å²) in [4.78, 5) is 7.17. The second-order valence-electron chi connectivity index (χ2n) is 2.29. The van der Waals surface area contributed by atoms with E-state index >= 15 is 0 Å². The minimum atomic E-state index is -0.710. The summed E-state index contributed by atoms with van der Waals surface area (Å²) in [6.45, 7) is -0.0806. The molecule has 1 aromatic rings. The van der Waals surface area contributed by atoms with Crippen molar-refractivity contribution in [2.75, 3.05) is 13.2 Å². The van der Waals surface area contributed by atoms with Gasteiger partial charge in [-0.1, -0.05) is 11.8 Å². The molecule has 0 N–H and O–H groups in total. The molecule has 1 rings (SSSR count). The number of ether oxygens (including phenoxy) is 2. The summed E-state index contributed by atoms with van der Waals surface area (Å²) >= 11 is 0. The molecule has 0 spiro atoms. The van der Waals surface area contributed by atoms with Crippen molar-refractivity contribution >= 4 is 0 Å². The quantitative estimate of drug-likeness (QED) is 0.678. The van der Waals surface area contributed by atoms with Gasteiger partial charge in [-0.2, -0.15) is 9.37 Å². The van der Waals surface area contributed by atoms with Crippen LogP contribution >= 0.6 is 0 Å². The molecule has 0 aliphatic rings. The molecule has 0 saturated heterocycles. The number of aromatic nitrogens is 2. The Labute approximate surface area is 86.5 Å². The summed E-state index contributed by atoms with van der Waals surface area (Å²) < 4.78 is 22.7. The topological polar surface area (TPSA) is 44.2 Å². The van der Waals surface area contributed by atoms with Crippen LogP contribution < -0.4 is 9.47 Å². The normalized spacial score (nSPS) is 8.73. The maximum atomic E-state index is 13.0. The van der Waals surface area contributed by atoms with Crippen LogP contribution in [0.25, 0.3) is 0 Å². The molecule has 15 heavy (non-hydrogen) atoms. The van der Waals surface area contributed by atoms with Crippen LogP contribution in [0, 0.1) is 30.5 Å². The smallest absolute Gasteiger partial charge is 0.320 e.